The fraction of sp³-hybridized carbons (Fsp3) is 0. The van der Waals surface area contributed by atoms with Crippen molar-refractivity contribution < 1.29 is 4.79 Å². The molecule has 2 aromatic heterocycles. The molecule has 2 heterocycles. The number of aromatic nitrogens is 4. The number of nitrogen functional groups attached to an aromatic ring is 1. The van der Waals surface area contributed by atoms with E-state index in [4.69, 9.17) is 5.73 Å². The second kappa shape index (κ2) is 4.08. The number of nitrogens with one attached hydrogen (secondary N) is 2. The first kappa shape index (κ1) is 10.7. The Kier molecular flexibility index (Phi) is 2.41. The van der Waals surface area contributed by atoms with E-state index in [1.54, 1.807) is 18.2 Å². The van der Waals surface area contributed by atoms with Crippen molar-refractivity contribution >= 4 is 39.2 Å². The van der Waals surface area contributed by atoms with Crippen LogP contribution in [0, 0.1) is 0 Å². The van der Waals surface area contributed by atoms with E-state index in [-0.39, 0.29) is 5.91 Å². The first-order valence-electron chi connectivity index (χ1n) is 5.07. The summed E-state index contributed by atoms with van der Waals surface area (Å²) in [5, 5.41) is 10.9. The maximum Gasteiger partial charge on any atom is 0.273 e. The minimum absolute atomic E-state index is 0.289. The summed E-state index contributed by atoms with van der Waals surface area (Å²) in [6.07, 6.45) is 0. The number of anilines is 2. The molecule has 4 N–H and O–H groups in total. The number of nitrogens with two attached hydrogens (primary N) is 1. The number of hydrogen-bond donors (Lipinski definition) is 3. The molecule has 90 valence electrons. The third-order valence-corrected chi connectivity index (χ3v) is 2.92. The molecule has 3 rings (SSSR count). The van der Waals surface area contributed by atoms with Gasteiger partial charge in [0.25, 0.3) is 5.91 Å². The van der Waals surface area contributed by atoms with E-state index in [0.29, 0.717) is 16.5 Å². The van der Waals surface area contributed by atoms with Gasteiger partial charge >= 0.3 is 0 Å². The lowest BCUT2D eigenvalue weighted by molar-refractivity contribution is 0.102. The molecular weight excluding hydrogens is 252 g/mol. The monoisotopic (exact) mass is 260 g/mol. The van der Waals surface area contributed by atoms with E-state index in [2.05, 4.69) is 25.1 Å². The van der Waals surface area contributed by atoms with Gasteiger partial charge < -0.3 is 10.7 Å². The lowest BCUT2D eigenvalue weighted by Crippen LogP contribution is -2.11. The van der Waals surface area contributed by atoms with Gasteiger partial charge in [0.1, 0.15) is 5.69 Å². The van der Waals surface area contributed by atoms with Crippen molar-refractivity contribution in [2.24, 2.45) is 0 Å². The number of fused-ring (bicyclic) bond motifs is 1. The minimum Gasteiger partial charge on any atom is -0.399 e. The molecule has 7 nitrogen and oxygen atoms in total. The van der Waals surface area contributed by atoms with Crippen LogP contribution in [-0.2, 0) is 0 Å². The van der Waals surface area contributed by atoms with Crippen LogP contribution < -0.4 is 11.1 Å². The Hall–Kier alpha value is -2.48. The zero-order chi connectivity index (χ0) is 12.5. The van der Waals surface area contributed by atoms with Crippen LogP contribution >= 0.6 is 11.5 Å². The van der Waals surface area contributed by atoms with Crippen LogP contribution in [0.4, 0.5) is 10.8 Å². The summed E-state index contributed by atoms with van der Waals surface area (Å²) in [5.74, 6) is -0.289. The SMILES string of the molecule is Nc1ccc2[nH]c(C(=O)Nc3nnns3)cc2c1. The summed E-state index contributed by atoms with van der Waals surface area (Å²) in [4.78, 5) is 14.9. The largest absolute Gasteiger partial charge is 0.399 e. The molecule has 0 spiro atoms. The van der Waals surface area contributed by atoms with Gasteiger partial charge in [0.05, 0.1) is 0 Å². The topological polar surface area (TPSA) is 110 Å². The summed E-state index contributed by atoms with van der Waals surface area (Å²) in [6.45, 7) is 0. The van der Waals surface area contributed by atoms with Crippen molar-refractivity contribution in [1.82, 2.24) is 19.8 Å². The zero-order valence-electron chi connectivity index (χ0n) is 9.04. The molecule has 0 fully saturated rings. The molecule has 0 saturated carbocycles. The Bertz CT molecular complexity index is 704. The number of amides is 1. The highest BCUT2D eigenvalue weighted by Gasteiger charge is 2.11. The molecule has 8 heteroatoms. The van der Waals surface area contributed by atoms with Crippen LogP contribution in [0.5, 0.6) is 0 Å². The van der Waals surface area contributed by atoms with E-state index >= 15 is 0 Å². The Morgan fingerprint density at radius 2 is 2.28 bits per heavy atom. The lowest BCUT2D eigenvalue weighted by Gasteiger charge is -1.95. The molecular formula is C10H8N6OS. The fourth-order valence-electron chi connectivity index (χ4n) is 1.62. The summed E-state index contributed by atoms with van der Waals surface area (Å²) < 4.78 is 3.56. The Labute approximate surface area is 105 Å². The van der Waals surface area contributed by atoms with E-state index in [9.17, 15) is 4.79 Å². The van der Waals surface area contributed by atoms with E-state index < -0.39 is 0 Å². The molecule has 0 aliphatic rings. The Morgan fingerprint density at radius 1 is 1.39 bits per heavy atom. The molecule has 0 radical (unpaired) electrons. The quantitative estimate of drug-likeness (QED) is 0.601. The average molecular weight is 260 g/mol. The predicted octanol–water partition coefficient (Wildman–Crippen LogP) is 1.25. The molecule has 0 unspecified atom stereocenters. The number of aromatic amines is 1. The van der Waals surface area contributed by atoms with Crippen molar-refractivity contribution in [1.29, 1.82) is 0 Å². The van der Waals surface area contributed by atoms with Gasteiger partial charge in [-0.15, -0.1) is 0 Å². The first-order valence-corrected chi connectivity index (χ1v) is 5.84. The van der Waals surface area contributed by atoms with Gasteiger partial charge in [-0.2, -0.15) is 0 Å². The van der Waals surface area contributed by atoms with Gasteiger partial charge in [-0.1, -0.05) is 9.59 Å². The third-order valence-electron chi connectivity index (χ3n) is 2.41. The molecule has 0 aliphatic carbocycles. The number of nitrogens with zero attached hydrogens (tertiary/aromatic N) is 3. The van der Waals surface area contributed by atoms with Gasteiger partial charge in [0, 0.05) is 28.1 Å². The van der Waals surface area contributed by atoms with E-state index in [0.717, 1.165) is 22.4 Å². The van der Waals surface area contributed by atoms with Crippen molar-refractivity contribution in [3.8, 4) is 0 Å². The highest BCUT2D eigenvalue weighted by molar-refractivity contribution is 7.09. The molecule has 0 aliphatic heterocycles. The second-order valence-corrected chi connectivity index (χ2v) is 4.38. The summed E-state index contributed by atoms with van der Waals surface area (Å²) in [6, 6.07) is 7.13. The number of hydrogen-bond acceptors (Lipinski definition) is 6. The van der Waals surface area contributed by atoms with Crippen LogP contribution in [0.15, 0.2) is 24.3 Å². The molecule has 0 saturated heterocycles. The van der Waals surface area contributed by atoms with Crippen molar-refractivity contribution in [3.05, 3.63) is 30.0 Å². The molecule has 18 heavy (non-hydrogen) atoms. The molecule has 0 atom stereocenters. The maximum absolute atomic E-state index is 11.9. The summed E-state index contributed by atoms with van der Waals surface area (Å²) >= 11 is 1.02. The van der Waals surface area contributed by atoms with Crippen LogP contribution in [0.3, 0.4) is 0 Å². The van der Waals surface area contributed by atoms with E-state index in [1.165, 1.54) is 0 Å². The van der Waals surface area contributed by atoms with Gasteiger partial charge in [0.2, 0.25) is 5.13 Å². The van der Waals surface area contributed by atoms with Crippen LogP contribution in [0.25, 0.3) is 10.9 Å². The Balaban J connectivity index is 1.92. The fourth-order valence-corrected chi connectivity index (χ4v) is 1.98. The lowest BCUT2D eigenvalue weighted by atomic mass is 10.2. The minimum atomic E-state index is -0.289. The van der Waals surface area contributed by atoms with Gasteiger partial charge in [-0.3, -0.25) is 10.1 Å². The Morgan fingerprint density at radius 3 is 3.06 bits per heavy atom. The van der Waals surface area contributed by atoms with E-state index in [1.807, 2.05) is 6.07 Å². The summed E-state index contributed by atoms with van der Waals surface area (Å²) in [5.41, 5.74) is 7.62. The molecule has 3 aromatic rings. The highest BCUT2D eigenvalue weighted by atomic mass is 32.1. The standard InChI is InChI=1S/C10H8N6OS/c11-6-1-2-7-5(3-6)4-8(12-7)9(17)13-10-14-15-16-18-10/h1-4,12H,11H2,(H,13,14,16,17). The number of carbonyl (C=O) groups excluding carboxylic acids is 1. The van der Waals surface area contributed by atoms with Gasteiger partial charge in [0.15, 0.2) is 0 Å². The first-order chi connectivity index (χ1) is 8.72. The van der Waals surface area contributed by atoms with Crippen molar-refractivity contribution in [3.63, 3.8) is 0 Å². The van der Waals surface area contributed by atoms with Gasteiger partial charge in [-0.25, -0.2) is 0 Å². The zero-order valence-corrected chi connectivity index (χ0v) is 9.86. The number of rotatable bonds is 2. The highest BCUT2D eigenvalue weighted by Crippen LogP contribution is 2.19. The average Bonchev–Trinajstić information content (AvgIpc) is 2.96. The number of carbonyl (C=O) groups is 1. The van der Waals surface area contributed by atoms with Crippen LogP contribution in [0.1, 0.15) is 10.5 Å². The molecule has 0 bridgehead atoms. The number of benzene rings is 1. The summed E-state index contributed by atoms with van der Waals surface area (Å²) in [7, 11) is 0. The predicted molar refractivity (Wildman–Crippen MR) is 68.4 cm³/mol. The van der Waals surface area contributed by atoms with Crippen molar-refractivity contribution in [2.75, 3.05) is 11.1 Å². The number of H-pyrrole nitrogens is 1. The van der Waals surface area contributed by atoms with Crippen molar-refractivity contribution in [2.45, 2.75) is 0 Å². The third kappa shape index (κ3) is 1.89. The van der Waals surface area contributed by atoms with Gasteiger partial charge in [-0.05, 0) is 29.5 Å². The van der Waals surface area contributed by atoms with Crippen LogP contribution in [0.2, 0.25) is 0 Å². The molecule has 1 aromatic carbocycles. The smallest absolute Gasteiger partial charge is 0.273 e. The van der Waals surface area contributed by atoms with Crippen LogP contribution in [-0.4, -0.2) is 25.7 Å². The normalized spacial score (nSPS) is 10.7. The second-order valence-electron chi connectivity index (χ2n) is 3.65. The molecule has 1 amide bonds. The maximum atomic E-state index is 11.9.